The lowest BCUT2D eigenvalue weighted by atomic mass is 9.91. The third-order valence-corrected chi connectivity index (χ3v) is 6.50. The predicted octanol–water partition coefficient (Wildman–Crippen LogP) is 2.68. The Morgan fingerprint density at radius 3 is 2.83 bits per heavy atom. The summed E-state index contributed by atoms with van der Waals surface area (Å²) in [6, 6.07) is 4.36. The van der Waals surface area contributed by atoms with E-state index in [1.165, 1.54) is 0 Å². The summed E-state index contributed by atoms with van der Waals surface area (Å²) >= 11 is 0. The molecule has 2 aliphatic rings. The minimum absolute atomic E-state index is 0.0500. The van der Waals surface area contributed by atoms with Crippen LogP contribution >= 0.6 is 0 Å². The number of carbonyl (C=O) groups is 3. The second-order valence-electron chi connectivity index (χ2n) is 8.35. The van der Waals surface area contributed by atoms with E-state index in [9.17, 15) is 19.5 Å². The van der Waals surface area contributed by atoms with Crippen molar-refractivity contribution in [3.63, 3.8) is 0 Å². The lowest BCUT2D eigenvalue weighted by Crippen LogP contribution is -2.56. The molecule has 1 aromatic heterocycles. The van der Waals surface area contributed by atoms with Crippen LogP contribution in [0, 0.1) is 12.8 Å². The monoisotopic (exact) mass is 397 g/mol. The van der Waals surface area contributed by atoms with Crippen LogP contribution in [0.5, 0.6) is 0 Å². The normalized spacial score (nSPS) is 22.9. The number of carboxylic acid groups (broad SMARTS) is 1. The van der Waals surface area contributed by atoms with E-state index in [2.05, 4.69) is 16.4 Å². The van der Waals surface area contributed by atoms with E-state index in [0.29, 0.717) is 25.7 Å². The quantitative estimate of drug-likeness (QED) is 0.722. The molecule has 7 heteroatoms. The molecule has 0 saturated carbocycles. The Morgan fingerprint density at radius 1 is 1.38 bits per heavy atom. The summed E-state index contributed by atoms with van der Waals surface area (Å²) in [5.41, 5.74) is 4.21. The van der Waals surface area contributed by atoms with Crippen molar-refractivity contribution in [2.45, 2.75) is 64.6 Å². The molecular weight excluding hydrogens is 370 g/mol. The summed E-state index contributed by atoms with van der Waals surface area (Å²) in [6.45, 7) is 5.74. The molecule has 0 spiro atoms. The van der Waals surface area contributed by atoms with Crippen molar-refractivity contribution in [3.8, 4) is 0 Å². The van der Waals surface area contributed by atoms with Gasteiger partial charge in [0.2, 0.25) is 11.8 Å². The molecule has 0 bridgehead atoms. The molecular formula is C22H27N3O4. The van der Waals surface area contributed by atoms with Gasteiger partial charge in [-0.05, 0) is 37.0 Å². The number of aryl methyl sites for hydroxylation is 1. The number of hydrogen-bond acceptors (Lipinski definition) is 3. The Labute approximate surface area is 169 Å². The van der Waals surface area contributed by atoms with E-state index in [0.717, 1.165) is 27.7 Å². The van der Waals surface area contributed by atoms with E-state index >= 15 is 0 Å². The molecule has 154 valence electrons. The first kappa shape index (κ1) is 19.5. The Kier molecular flexibility index (Phi) is 4.84. The van der Waals surface area contributed by atoms with Gasteiger partial charge >= 0.3 is 5.97 Å². The van der Waals surface area contributed by atoms with Gasteiger partial charge in [-0.1, -0.05) is 31.9 Å². The smallest absolute Gasteiger partial charge is 0.326 e. The molecule has 3 N–H and O–H groups in total. The predicted molar refractivity (Wildman–Crippen MR) is 108 cm³/mol. The summed E-state index contributed by atoms with van der Waals surface area (Å²) < 4.78 is 0. The second-order valence-corrected chi connectivity index (χ2v) is 8.35. The molecule has 29 heavy (non-hydrogen) atoms. The third kappa shape index (κ3) is 3.18. The number of fused-ring (bicyclic) bond motifs is 5. The summed E-state index contributed by atoms with van der Waals surface area (Å²) in [6.07, 6.45) is 2.09. The summed E-state index contributed by atoms with van der Waals surface area (Å²) in [5, 5.41) is 13.3. The Hall–Kier alpha value is -2.83. The fourth-order valence-electron chi connectivity index (χ4n) is 4.71. The van der Waals surface area contributed by atoms with Crippen LogP contribution in [0.25, 0.3) is 10.9 Å². The number of nitrogens with zero attached hydrogens (tertiary/aromatic N) is 1. The number of hydrogen-bond donors (Lipinski definition) is 3. The zero-order valence-corrected chi connectivity index (χ0v) is 17.0. The van der Waals surface area contributed by atoms with Crippen molar-refractivity contribution in [3.05, 3.63) is 35.0 Å². The molecule has 4 rings (SSSR count). The van der Waals surface area contributed by atoms with Crippen LogP contribution < -0.4 is 5.32 Å². The Bertz CT molecular complexity index is 995. The number of H-pyrrole nitrogens is 1. The van der Waals surface area contributed by atoms with Crippen molar-refractivity contribution in [2.75, 3.05) is 0 Å². The van der Waals surface area contributed by atoms with Gasteiger partial charge in [-0.15, -0.1) is 0 Å². The van der Waals surface area contributed by atoms with Crippen molar-refractivity contribution in [1.82, 2.24) is 15.2 Å². The van der Waals surface area contributed by atoms with Crippen molar-refractivity contribution in [1.29, 1.82) is 0 Å². The number of aromatic amines is 1. The first-order valence-electron chi connectivity index (χ1n) is 10.3. The highest BCUT2D eigenvalue weighted by molar-refractivity contribution is 5.94. The summed E-state index contributed by atoms with van der Waals surface area (Å²) in [5.74, 6) is -1.68. The highest BCUT2D eigenvalue weighted by Crippen LogP contribution is 2.43. The molecule has 1 aromatic carbocycles. The van der Waals surface area contributed by atoms with E-state index in [1.807, 2.05) is 32.9 Å². The van der Waals surface area contributed by atoms with E-state index in [1.54, 1.807) is 4.90 Å². The number of aliphatic carboxylic acids is 1. The third-order valence-electron chi connectivity index (χ3n) is 6.50. The highest BCUT2D eigenvalue weighted by atomic mass is 16.4. The fraction of sp³-hybridized carbons (Fsp3) is 0.500. The number of nitrogens with one attached hydrogen (secondary N) is 2. The number of benzene rings is 1. The van der Waals surface area contributed by atoms with Crippen LogP contribution in [0.15, 0.2) is 18.2 Å². The van der Waals surface area contributed by atoms with Gasteiger partial charge in [0.05, 0.1) is 6.04 Å². The fourth-order valence-corrected chi connectivity index (χ4v) is 4.71. The number of aromatic nitrogens is 1. The number of carboxylic acids is 1. The lowest BCUT2D eigenvalue weighted by molar-refractivity contribution is -0.146. The van der Waals surface area contributed by atoms with Gasteiger partial charge in [-0.25, -0.2) is 4.79 Å². The minimum atomic E-state index is -1.05. The number of carbonyl (C=O) groups excluding carboxylic acids is 2. The van der Waals surface area contributed by atoms with Crippen molar-refractivity contribution < 1.29 is 19.5 Å². The van der Waals surface area contributed by atoms with Crippen LogP contribution in [0.3, 0.4) is 0 Å². The number of rotatable bonds is 5. The molecule has 3 heterocycles. The van der Waals surface area contributed by atoms with Gasteiger partial charge in [0, 0.05) is 29.4 Å². The molecule has 2 amide bonds. The molecule has 0 radical (unpaired) electrons. The van der Waals surface area contributed by atoms with Crippen LogP contribution in [0.2, 0.25) is 0 Å². The molecule has 2 aliphatic heterocycles. The van der Waals surface area contributed by atoms with Crippen LogP contribution in [-0.2, 0) is 20.8 Å². The maximum atomic E-state index is 13.2. The second kappa shape index (κ2) is 7.21. The zero-order chi connectivity index (χ0) is 20.9. The average molecular weight is 397 g/mol. The van der Waals surface area contributed by atoms with Gasteiger partial charge in [-0.2, -0.15) is 0 Å². The van der Waals surface area contributed by atoms with Crippen LogP contribution in [-0.4, -0.2) is 44.9 Å². The molecule has 0 unspecified atom stereocenters. The number of amides is 2. The minimum Gasteiger partial charge on any atom is -0.480 e. The first-order valence-corrected chi connectivity index (χ1v) is 10.3. The van der Waals surface area contributed by atoms with E-state index in [4.69, 9.17) is 0 Å². The van der Waals surface area contributed by atoms with Crippen molar-refractivity contribution in [2.24, 2.45) is 5.92 Å². The van der Waals surface area contributed by atoms with Crippen LogP contribution in [0.1, 0.15) is 56.0 Å². The summed E-state index contributed by atoms with van der Waals surface area (Å²) in [4.78, 5) is 42.6. The average Bonchev–Trinajstić information content (AvgIpc) is 3.25. The SMILES string of the molecule is CC[C@H](C)[C@H](NC(=O)[C@@H]1Cc2c([nH]c3ccc(C)cc23)[C@H]2CCC(=O)N21)C(=O)O. The van der Waals surface area contributed by atoms with Gasteiger partial charge in [-0.3, -0.25) is 9.59 Å². The Morgan fingerprint density at radius 2 is 2.14 bits per heavy atom. The molecule has 2 aromatic rings. The maximum Gasteiger partial charge on any atom is 0.326 e. The van der Waals surface area contributed by atoms with Gasteiger partial charge in [0.1, 0.15) is 12.1 Å². The van der Waals surface area contributed by atoms with Gasteiger partial charge in [0.25, 0.3) is 0 Å². The molecule has 4 atom stereocenters. The topological polar surface area (TPSA) is 103 Å². The molecule has 7 nitrogen and oxygen atoms in total. The molecule has 1 saturated heterocycles. The molecule has 0 aliphatic carbocycles. The van der Waals surface area contributed by atoms with E-state index < -0.39 is 18.1 Å². The maximum absolute atomic E-state index is 13.2. The molecule has 1 fully saturated rings. The Balaban J connectivity index is 1.72. The highest BCUT2D eigenvalue weighted by Gasteiger charge is 2.46. The van der Waals surface area contributed by atoms with E-state index in [-0.39, 0.29) is 23.8 Å². The largest absolute Gasteiger partial charge is 0.480 e. The zero-order valence-electron chi connectivity index (χ0n) is 17.0. The first-order chi connectivity index (χ1) is 13.8. The van der Waals surface area contributed by atoms with Gasteiger partial charge < -0.3 is 20.3 Å². The lowest BCUT2D eigenvalue weighted by Gasteiger charge is -2.37. The summed E-state index contributed by atoms with van der Waals surface area (Å²) in [7, 11) is 0. The van der Waals surface area contributed by atoms with Gasteiger partial charge in [0.15, 0.2) is 0 Å². The van der Waals surface area contributed by atoms with Crippen LogP contribution in [0.4, 0.5) is 0 Å². The van der Waals surface area contributed by atoms with Crippen molar-refractivity contribution >= 4 is 28.7 Å². The standard InChI is InChI=1S/C22H27N3O4/c1-4-12(3)19(22(28)29)24-21(27)17-10-14-13-9-11(2)5-6-15(13)23-20(14)16-7-8-18(26)25(16)17/h5-6,9,12,16-17,19,23H,4,7-8,10H2,1-3H3,(H,24,27)(H,28,29)/t12-,16+,17-,19-/m0/s1.